The number of carboxylic acid groups (broad SMARTS) is 1. The number of hydrogen-bond acceptors (Lipinski definition) is 3. The minimum absolute atomic E-state index is 0.0664. The van der Waals surface area contributed by atoms with E-state index in [-0.39, 0.29) is 24.2 Å². The highest BCUT2D eigenvalue weighted by Gasteiger charge is 2.35. The van der Waals surface area contributed by atoms with Gasteiger partial charge in [0.05, 0.1) is 17.0 Å². The highest BCUT2D eigenvalue weighted by atomic mass is 16.4. The average Bonchev–Trinajstić information content (AvgIpc) is 2.86. The van der Waals surface area contributed by atoms with Crippen LogP contribution in [0.4, 0.5) is 0 Å². The summed E-state index contributed by atoms with van der Waals surface area (Å²) in [6, 6.07) is 7.03. The number of aliphatic carboxylic acids is 1. The predicted molar refractivity (Wildman–Crippen MR) is 93.4 cm³/mol. The van der Waals surface area contributed by atoms with Gasteiger partial charge in [0.2, 0.25) is 5.91 Å². The number of aromatic nitrogens is 2. The third-order valence-corrected chi connectivity index (χ3v) is 5.16. The van der Waals surface area contributed by atoms with Crippen molar-refractivity contribution in [1.29, 1.82) is 0 Å². The Balaban J connectivity index is 1.91. The van der Waals surface area contributed by atoms with E-state index >= 15 is 0 Å². The molecule has 0 bridgehead atoms. The third-order valence-electron chi connectivity index (χ3n) is 5.16. The van der Waals surface area contributed by atoms with Crippen molar-refractivity contribution in [3.8, 4) is 0 Å². The number of aryl methyl sites for hydroxylation is 1. The number of carboxylic acids is 1. The minimum atomic E-state index is -0.871. The lowest BCUT2D eigenvalue weighted by atomic mass is 9.90. The van der Waals surface area contributed by atoms with E-state index < -0.39 is 11.9 Å². The van der Waals surface area contributed by atoms with Crippen molar-refractivity contribution in [3.63, 3.8) is 0 Å². The van der Waals surface area contributed by atoms with Crippen LogP contribution >= 0.6 is 0 Å². The van der Waals surface area contributed by atoms with Crippen molar-refractivity contribution >= 4 is 22.9 Å². The second kappa shape index (κ2) is 6.74. The van der Waals surface area contributed by atoms with Gasteiger partial charge < -0.3 is 10.0 Å². The van der Waals surface area contributed by atoms with Crippen molar-refractivity contribution in [2.75, 3.05) is 6.54 Å². The zero-order valence-electron chi connectivity index (χ0n) is 14.5. The molecule has 1 aliphatic rings. The second-order valence-electron chi connectivity index (χ2n) is 6.52. The summed E-state index contributed by atoms with van der Waals surface area (Å²) in [4.78, 5) is 38.4. The summed E-state index contributed by atoms with van der Waals surface area (Å²) in [5.41, 5.74) is 1.32. The first-order chi connectivity index (χ1) is 12.0. The highest BCUT2D eigenvalue weighted by molar-refractivity contribution is 5.82. The normalized spacial score (nSPS) is 20.8. The average molecular weight is 345 g/mol. The molecule has 0 unspecified atom stereocenters. The lowest BCUT2D eigenvalue weighted by Gasteiger charge is -2.37. The first-order valence-electron chi connectivity index (χ1n) is 8.66. The van der Waals surface area contributed by atoms with Gasteiger partial charge in [-0.1, -0.05) is 12.1 Å². The van der Waals surface area contributed by atoms with Crippen LogP contribution in [0.15, 0.2) is 29.1 Å². The highest BCUT2D eigenvalue weighted by Crippen LogP contribution is 2.24. The molecule has 0 radical (unpaired) electrons. The topological polar surface area (TPSA) is 84.5 Å². The Hall–Kier alpha value is -2.57. The van der Waals surface area contributed by atoms with E-state index in [1.807, 2.05) is 31.2 Å². The van der Waals surface area contributed by atoms with Gasteiger partial charge in [-0.25, -0.2) is 4.79 Å². The molecule has 0 aliphatic carbocycles. The van der Waals surface area contributed by atoms with Gasteiger partial charge in [-0.2, -0.15) is 0 Å². The largest absolute Gasteiger partial charge is 0.481 e. The van der Waals surface area contributed by atoms with Gasteiger partial charge in [0.1, 0.15) is 6.54 Å². The van der Waals surface area contributed by atoms with E-state index in [0.717, 1.165) is 11.0 Å². The van der Waals surface area contributed by atoms with Crippen LogP contribution in [-0.2, 0) is 22.7 Å². The van der Waals surface area contributed by atoms with Gasteiger partial charge in [-0.15, -0.1) is 0 Å². The number of nitrogens with zero attached hydrogens (tertiary/aromatic N) is 3. The number of fused-ring (bicyclic) bond motifs is 1. The maximum atomic E-state index is 12.8. The molecule has 1 saturated heterocycles. The quantitative estimate of drug-likeness (QED) is 0.911. The molecule has 2 atom stereocenters. The molecule has 134 valence electrons. The first kappa shape index (κ1) is 17.3. The van der Waals surface area contributed by atoms with Gasteiger partial charge in [0, 0.05) is 19.1 Å². The molecule has 2 aromatic rings. The molecule has 1 fully saturated rings. The molecule has 1 amide bonds. The molecular weight excluding hydrogens is 322 g/mol. The van der Waals surface area contributed by atoms with Crippen molar-refractivity contribution in [1.82, 2.24) is 14.0 Å². The van der Waals surface area contributed by atoms with Crippen LogP contribution in [0.1, 0.15) is 26.7 Å². The van der Waals surface area contributed by atoms with Gasteiger partial charge in [-0.3, -0.25) is 18.7 Å². The number of rotatable bonds is 4. The Labute approximate surface area is 145 Å². The van der Waals surface area contributed by atoms with Crippen molar-refractivity contribution in [3.05, 3.63) is 34.7 Å². The van der Waals surface area contributed by atoms with Crippen LogP contribution in [0.25, 0.3) is 11.0 Å². The van der Waals surface area contributed by atoms with Crippen molar-refractivity contribution in [2.45, 2.75) is 45.8 Å². The molecule has 25 heavy (non-hydrogen) atoms. The summed E-state index contributed by atoms with van der Waals surface area (Å²) >= 11 is 0. The summed E-state index contributed by atoms with van der Waals surface area (Å²) in [5, 5.41) is 9.32. The van der Waals surface area contributed by atoms with Gasteiger partial charge in [-0.05, 0) is 38.8 Å². The molecule has 1 aromatic carbocycles. The summed E-state index contributed by atoms with van der Waals surface area (Å²) in [7, 11) is 0. The van der Waals surface area contributed by atoms with Gasteiger partial charge >= 0.3 is 11.7 Å². The smallest absolute Gasteiger partial charge is 0.329 e. The molecule has 0 spiro atoms. The number of carbonyl (C=O) groups is 2. The minimum Gasteiger partial charge on any atom is -0.481 e. The Kier molecular flexibility index (Phi) is 4.65. The lowest BCUT2D eigenvalue weighted by Crippen LogP contribution is -2.50. The van der Waals surface area contributed by atoms with Crippen LogP contribution in [0.3, 0.4) is 0 Å². The molecule has 7 nitrogen and oxygen atoms in total. The molecule has 0 saturated carbocycles. The van der Waals surface area contributed by atoms with Crippen LogP contribution in [0.5, 0.6) is 0 Å². The number of benzene rings is 1. The van der Waals surface area contributed by atoms with E-state index in [2.05, 4.69) is 0 Å². The lowest BCUT2D eigenvalue weighted by molar-refractivity contribution is -0.149. The van der Waals surface area contributed by atoms with Crippen LogP contribution in [0, 0.1) is 5.92 Å². The number of hydrogen-bond donors (Lipinski definition) is 1. The van der Waals surface area contributed by atoms with Crippen molar-refractivity contribution < 1.29 is 14.7 Å². The predicted octanol–water partition coefficient (Wildman–Crippen LogP) is 1.53. The first-order valence-corrected chi connectivity index (χ1v) is 8.66. The van der Waals surface area contributed by atoms with Gasteiger partial charge in [0.25, 0.3) is 0 Å². The molecule has 3 rings (SSSR count). The summed E-state index contributed by atoms with van der Waals surface area (Å²) in [6.07, 6.45) is 1.24. The molecule has 1 aliphatic heterocycles. The fraction of sp³-hybridized carbons (Fsp3) is 0.500. The summed E-state index contributed by atoms with van der Waals surface area (Å²) in [6.45, 7) is 4.66. The fourth-order valence-corrected chi connectivity index (χ4v) is 3.78. The number of para-hydroxylation sites is 2. The van der Waals surface area contributed by atoms with Crippen LogP contribution in [0.2, 0.25) is 0 Å². The zero-order valence-corrected chi connectivity index (χ0v) is 14.5. The number of carbonyl (C=O) groups excluding carboxylic acids is 1. The maximum Gasteiger partial charge on any atom is 0.329 e. The van der Waals surface area contributed by atoms with Crippen molar-refractivity contribution in [2.24, 2.45) is 5.92 Å². The second-order valence-corrected chi connectivity index (χ2v) is 6.52. The van der Waals surface area contributed by atoms with E-state index in [0.29, 0.717) is 25.9 Å². The summed E-state index contributed by atoms with van der Waals surface area (Å²) < 4.78 is 3.13. The number of piperidine rings is 1. The van der Waals surface area contributed by atoms with E-state index in [9.17, 15) is 19.5 Å². The molecular formula is C18H23N3O4. The van der Waals surface area contributed by atoms with E-state index in [1.165, 1.54) is 4.57 Å². The van der Waals surface area contributed by atoms with E-state index in [4.69, 9.17) is 0 Å². The fourth-order valence-electron chi connectivity index (χ4n) is 3.78. The monoisotopic (exact) mass is 345 g/mol. The Morgan fingerprint density at radius 1 is 1.20 bits per heavy atom. The van der Waals surface area contributed by atoms with Gasteiger partial charge in [0.15, 0.2) is 0 Å². The molecule has 7 heteroatoms. The molecule has 1 N–H and O–H groups in total. The zero-order chi connectivity index (χ0) is 18.1. The molecule has 1 aromatic heterocycles. The van der Waals surface area contributed by atoms with Crippen LogP contribution in [-0.4, -0.2) is 43.6 Å². The Morgan fingerprint density at radius 3 is 2.44 bits per heavy atom. The number of amides is 1. The SMILES string of the molecule is CCn1c(=O)n(CC(=O)N2CCC[C@H](C(=O)O)[C@@H]2C)c2ccccc21. The maximum absolute atomic E-state index is 12.8. The Morgan fingerprint density at radius 2 is 1.84 bits per heavy atom. The van der Waals surface area contributed by atoms with E-state index in [1.54, 1.807) is 16.4 Å². The van der Waals surface area contributed by atoms with Crippen LogP contribution < -0.4 is 5.69 Å². The standard InChI is InChI=1S/C18H23N3O4/c1-3-19-14-8-4-5-9-15(14)21(18(19)25)11-16(22)20-10-6-7-13(12(20)2)17(23)24/h4-5,8-9,12-13H,3,6-7,10-11H2,1-2H3,(H,23,24)/t12-,13-/m0/s1. The Bertz CT molecular complexity index is 867. The molecule has 2 heterocycles. The number of imidazole rings is 1. The summed E-state index contributed by atoms with van der Waals surface area (Å²) in [5.74, 6) is -1.63. The third kappa shape index (κ3) is 2.94. The number of likely N-dealkylation sites (tertiary alicyclic amines) is 1.